The van der Waals surface area contributed by atoms with Gasteiger partial charge in [-0.2, -0.15) is 0 Å². The first kappa shape index (κ1) is 9.66. The minimum absolute atomic E-state index is 0.325. The first-order valence-corrected chi connectivity index (χ1v) is 5.44. The highest BCUT2D eigenvalue weighted by atomic mass is 14.7. The maximum atomic E-state index is 6.23. The average molecular weight is 190 g/mol. The fourth-order valence-corrected chi connectivity index (χ4v) is 2.12. The van der Waals surface area contributed by atoms with Crippen LogP contribution in [0, 0.1) is 5.92 Å². The zero-order valence-electron chi connectivity index (χ0n) is 8.69. The number of aromatic nitrogens is 1. The molecule has 1 aromatic heterocycles. The zero-order valence-corrected chi connectivity index (χ0v) is 8.69. The van der Waals surface area contributed by atoms with Crippen molar-refractivity contribution in [3.8, 4) is 0 Å². The van der Waals surface area contributed by atoms with Crippen LogP contribution in [0.25, 0.3) is 0 Å². The monoisotopic (exact) mass is 190 g/mol. The summed E-state index contributed by atoms with van der Waals surface area (Å²) in [5.74, 6) is 1.21. The molecule has 2 atom stereocenters. The maximum Gasteiger partial charge on any atom is 0.0270 e. The van der Waals surface area contributed by atoms with Crippen LogP contribution in [-0.4, -0.2) is 11.0 Å². The highest BCUT2D eigenvalue weighted by molar-refractivity contribution is 5.17. The topological polar surface area (TPSA) is 38.9 Å². The van der Waals surface area contributed by atoms with Gasteiger partial charge in [-0.3, -0.25) is 4.98 Å². The van der Waals surface area contributed by atoms with Crippen molar-refractivity contribution in [3.05, 3.63) is 30.1 Å². The molecule has 1 fully saturated rings. The number of pyridine rings is 1. The van der Waals surface area contributed by atoms with E-state index in [4.69, 9.17) is 5.73 Å². The Hall–Kier alpha value is -0.890. The Morgan fingerprint density at radius 2 is 2.00 bits per heavy atom. The van der Waals surface area contributed by atoms with Crippen molar-refractivity contribution in [3.63, 3.8) is 0 Å². The molecule has 1 aromatic rings. The molecule has 14 heavy (non-hydrogen) atoms. The Kier molecular flexibility index (Phi) is 2.82. The number of rotatable bonds is 3. The molecule has 76 valence electrons. The summed E-state index contributed by atoms with van der Waals surface area (Å²) in [6.07, 6.45) is 7.69. The molecule has 0 aromatic carbocycles. The fourth-order valence-electron chi connectivity index (χ4n) is 2.12. The van der Waals surface area contributed by atoms with Crippen molar-refractivity contribution in [1.29, 1.82) is 0 Å². The third-order valence-electron chi connectivity index (χ3n) is 3.50. The van der Waals surface area contributed by atoms with Gasteiger partial charge in [0.1, 0.15) is 0 Å². The third kappa shape index (κ3) is 1.80. The van der Waals surface area contributed by atoms with Crippen LogP contribution in [0.5, 0.6) is 0 Å². The van der Waals surface area contributed by atoms with Crippen molar-refractivity contribution in [2.45, 2.75) is 38.1 Å². The SMILES string of the molecule is CC(c1ccncc1)C(N)C1CCC1. The second kappa shape index (κ2) is 4.09. The minimum atomic E-state index is 0.325. The summed E-state index contributed by atoms with van der Waals surface area (Å²) in [5, 5.41) is 0. The second-order valence-electron chi connectivity index (χ2n) is 4.34. The van der Waals surface area contributed by atoms with Gasteiger partial charge in [-0.15, -0.1) is 0 Å². The Bertz CT molecular complexity index is 280. The van der Waals surface area contributed by atoms with Crippen molar-refractivity contribution in [2.24, 2.45) is 11.7 Å². The Morgan fingerprint density at radius 3 is 2.50 bits per heavy atom. The highest BCUT2D eigenvalue weighted by Crippen LogP contribution is 2.34. The van der Waals surface area contributed by atoms with Crippen LogP contribution in [0.1, 0.15) is 37.7 Å². The quantitative estimate of drug-likeness (QED) is 0.794. The lowest BCUT2D eigenvalue weighted by Gasteiger charge is -2.35. The zero-order chi connectivity index (χ0) is 9.97. The lowest BCUT2D eigenvalue weighted by atomic mass is 9.74. The average Bonchev–Trinajstić information content (AvgIpc) is 2.15. The maximum absolute atomic E-state index is 6.23. The van der Waals surface area contributed by atoms with Crippen LogP contribution in [0.15, 0.2) is 24.5 Å². The van der Waals surface area contributed by atoms with E-state index in [2.05, 4.69) is 24.0 Å². The van der Waals surface area contributed by atoms with Crippen molar-refractivity contribution < 1.29 is 0 Å². The first-order valence-electron chi connectivity index (χ1n) is 5.44. The molecule has 0 aliphatic heterocycles. The van der Waals surface area contributed by atoms with Gasteiger partial charge in [-0.25, -0.2) is 0 Å². The molecular formula is C12H18N2. The van der Waals surface area contributed by atoms with Crippen LogP contribution >= 0.6 is 0 Å². The molecule has 2 N–H and O–H groups in total. The summed E-state index contributed by atoms with van der Waals surface area (Å²) in [6.45, 7) is 2.22. The minimum Gasteiger partial charge on any atom is -0.327 e. The molecular weight excluding hydrogens is 172 g/mol. The lowest BCUT2D eigenvalue weighted by Crippen LogP contribution is -2.38. The summed E-state index contributed by atoms with van der Waals surface area (Å²) < 4.78 is 0. The van der Waals surface area contributed by atoms with E-state index >= 15 is 0 Å². The van der Waals surface area contributed by atoms with E-state index in [1.165, 1.54) is 24.8 Å². The predicted molar refractivity (Wildman–Crippen MR) is 58.0 cm³/mol. The van der Waals surface area contributed by atoms with Gasteiger partial charge in [0.25, 0.3) is 0 Å². The van der Waals surface area contributed by atoms with Crippen molar-refractivity contribution in [1.82, 2.24) is 4.98 Å². The molecule has 1 aliphatic carbocycles. The van der Waals surface area contributed by atoms with E-state index in [-0.39, 0.29) is 0 Å². The van der Waals surface area contributed by atoms with E-state index in [0.29, 0.717) is 12.0 Å². The normalized spacial score (nSPS) is 21.3. The summed E-state index contributed by atoms with van der Waals surface area (Å²) in [4.78, 5) is 4.03. The van der Waals surface area contributed by atoms with Gasteiger partial charge >= 0.3 is 0 Å². The highest BCUT2D eigenvalue weighted by Gasteiger charge is 2.28. The lowest BCUT2D eigenvalue weighted by molar-refractivity contribution is 0.242. The molecule has 0 bridgehead atoms. The molecule has 0 saturated heterocycles. The van der Waals surface area contributed by atoms with Crippen LogP contribution in [-0.2, 0) is 0 Å². The molecule has 0 radical (unpaired) electrons. The van der Waals surface area contributed by atoms with Gasteiger partial charge in [-0.05, 0) is 42.4 Å². The van der Waals surface area contributed by atoms with Crippen LogP contribution in [0.4, 0.5) is 0 Å². The van der Waals surface area contributed by atoms with Crippen LogP contribution in [0.2, 0.25) is 0 Å². The molecule has 1 saturated carbocycles. The molecule has 2 unspecified atom stereocenters. The largest absolute Gasteiger partial charge is 0.327 e. The number of nitrogens with two attached hydrogens (primary N) is 1. The predicted octanol–water partition coefficient (Wildman–Crippen LogP) is 2.31. The van der Waals surface area contributed by atoms with Crippen LogP contribution in [0.3, 0.4) is 0 Å². The summed E-state index contributed by atoms with van der Waals surface area (Å²) in [7, 11) is 0. The van der Waals surface area contributed by atoms with Gasteiger partial charge < -0.3 is 5.73 Å². The molecule has 1 aliphatic rings. The molecule has 1 heterocycles. The first-order chi connectivity index (χ1) is 6.79. The summed E-state index contributed by atoms with van der Waals surface area (Å²) in [6, 6.07) is 4.47. The molecule has 2 heteroatoms. The van der Waals surface area contributed by atoms with Gasteiger partial charge in [0.2, 0.25) is 0 Å². The summed E-state index contributed by atoms with van der Waals surface area (Å²) in [5.41, 5.74) is 7.55. The Morgan fingerprint density at radius 1 is 1.36 bits per heavy atom. The van der Waals surface area contributed by atoms with Gasteiger partial charge in [0.05, 0.1) is 0 Å². The number of nitrogens with zero attached hydrogens (tertiary/aromatic N) is 1. The van der Waals surface area contributed by atoms with Crippen LogP contribution < -0.4 is 5.73 Å². The molecule has 2 nitrogen and oxygen atoms in total. The summed E-state index contributed by atoms with van der Waals surface area (Å²) >= 11 is 0. The van der Waals surface area contributed by atoms with Gasteiger partial charge in [0, 0.05) is 18.4 Å². The van der Waals surface area contributed by atoms with Gasteiger partial charge in [0.15, 0.2) is 0 Å². The number of hydrogen-bond donors (Lipinski definition) is 1. The third-order valence-corrected chi connectivity index (χ3v) is 3.50. The Balaban J connectivity index is 2.03. The molecule has 0 spiro atoms. The van der Waals surface area contributed by atoms with E-state index in [1.807, 2.05) is 12.4 Å². The second-order valence-corrected chi connectivity index (χ2v) is 4.34. The number of hydrogen-bond acceptors (Lipinski definition) is 2. The van der Waals surface area contributed by atoms with E-state index < -0.39 is 0 Å². The van der Waals surface area contributed by atoms with Crippen molar-refractivity contribution >= 4 is 0 Å². The molecule has 2 rings (SSSR count). The fraction of sp³-hybridized carbons (Fsp3) is 0.583. The van der Waals surface area contributed by atoms with E-state index in [1.54, 1.807) is 0 Å². The smallest absolute Gasteiger partial charge is 0.0270 e. The standard InChI is InChI=1S/C12H18N2/c1-9(10-5-7-14-8-6-10)12(13)11-3-2-4-11/h5-9,11-12H,2-4,13H2,1H3. The van der Waals surface area contributed by atoms with Gasteiger partial charge in [-0.1, -0.05) is 13.3 Å². The van der Waals surface area contributed by atoms with Crippen molar-refractivity contribution in [2.75, 3.05) is 0 Å². The Labute approximate surface area is 85.5 Å². The molecule has 0 amide bonds. The van der Waals surface area contributed by atoms with E-state index in [0.717, 1.165) is 5.92 Å². The van der Waals surface area contributed by atoms with E-state index in [9.17, 15) is 0 Å².